The topological polar surface area (TPSA) is 46.3 Å². The van der Waals surface area contributed by atoms with Gasteiger partial charge >= 0.3 is 0 Å². The van der Waals surface area contributed by atoms with E-state index in [4.69, 9.17) is 4.52 Å². The van der Waals surface area contributed by atoms with E-state index < -0.39 is 0 Å². The minimum absolute atomic E-state index is 0.0954. The second kappa shape index (κ2) is 4.45. The molecule has 100 valence electrons. The van der Waals surface area contributed by atoms with Gasteiger partial charge in [0.25, 0.3) is 5.91 Å². The molecule has 0 spiro atoms. The van der Waals surface area contributed by atoms with E-state index in [0.717, 1.165) is 32.7 Å². The van der Waals surface area contributed by atoms with Crippen LogP contribution in [0.2, 0.25) is 0 Å². The summed E-state index contributed by atoms with van der Waals surface area (Å²) in [5.74, 6) is 1.00. The largest absolute Gasteiger partial charge is 0.361 e. The van der Waals surface area contributed by atoms with Crippen molar-refractivity contribution in [2.24, 2.45) is 0 Å². The molecule has 1 amide bonds. The zero-order valence-electron chi connectivity index (χ0n) is 10.7. The molecule has 0 aliphatic carbocycles. The van der Waals surface area contributed by atoms with E-state index in [1.807, 2.05) is 35.2 Å². The minimum atomic E-state index is 0.0954. The summed E-state index contributed by atoms with van der Waals surface area (Å²) < 4.78 is 6.30. The summed E-state index contributed by atoms with van der Waals surface area (Å²) in [4.78, 5) is 15.2. The summed E-state index contributed by atoms with van der Waals surface area (Å²) in [6.07, 6.45) is 2.45. The van der Waals surface area contributed by atoms with Gasteiger partial charge in [-0.05, 0) is 17.5 Å². The first kappa shape index (κ1) is 11.7. The van der Waals surface area contributed by atoms with Crippen LogP contribution in [0.1, 0.15) is 21.0 Å². The third-order valence-electron chi connectivity index (χ3n) is 3.62. The van der Waals surface area contributed by atoms with Crippen LogP contribution in [0.3, 0.4) is 0 Å². The summed E-state index contributed by atoms with van der Waals surface area (Å²) in [5.41, 5.74) is 1.02. The van der Waals surface area contributed by atoms with Crippen LogP contribution in [0, 0.1) is 0 Å². The molecule has 4 rings (SSSR count). The molecule has 0 saturated carbocycles. The van der Waals surface area contributed by atoms with E-state index in [2.05, 4.69) is 5.16 Å². The predicted octanol–water partition coefficient (Wildman–Crippen LogP) is 3.09. The molecule has 1 aliphatic heterocycles. The van der Waals surface area contributed by atoms with Gasteiger partial charge in [0, 0.05) is 23.2 Å². The maximum atomic E-state index is 12.6. The van der Waals surface area contributed by atoms with Gasteiger partial charge in [-0.1, -0.05) is 23.4 Å². The van der Waals surface area contributed by atoms with E-state index in [0.29, 0.717) is 13.1 Å². The molecule has 0 N–H and O–H groups in total. The van der Waals surface area contributed by atoms with Crippen molar-refractivity contribution in [2.75, 3.05) is 6.54 Å². The van der Waals surface area contributed by atoms with Crippen molar-refractivity contribution in [3.05, 3.63) is 52.7 Å². The van der Waals surface area contributed by atoms with Crippen LogP contribution >= 0.6 is 11.3 Å². The van der Waals surface area contributed by atoms with Gasteiger partial charge < -0.3 is 9.42 Å². The molecule has 0 atom stereocenters. The second-order valence-corrected chi connectivity index (χ2v) is 5.98. The molecule has 1 aromatic carbocycles. The van der Waals surface area contributed by atoms with Crippen molar-refractivity contribution in [1.82, 2.24) is 10.1 Å². The number of aromatic nitrogens is 1. The van der Waals surface area contributed by atoms with Crippen LogP contribution < -0.4 is 0 Å². The first-order valence-corrected chi connectivity index (χ1v) is 7.33. The van der Waals surface area contributed by atoms with Gasteiger partial charge in [0.1, 0.15) is 5.76 Å². The van der Waals surface area contributed by atoms with E-state index >= 15 is 0 Å². The first-order chi connectivity index (χ1) is 9.81. The van der Waals surface area contributed by atoms with Crippen molar-refractivity contribution >= 4 is 27.3 Å². The highest BCUT2D eigenvalue weighted by atomic mass is 32.1. The third-order valence-corrected chi connectivity index (χ3v) is 4.73. The number of fused-ring (bicyclic) bond motifs is 2. The molecule has 0 bridgehead atoms. The Labute approximate surface area is 119 Å². The molecular weight excluding hydrogens is 272 g/mol. The lowest BCUT2D eigenvalue weighted by Crippen LogP contribution is -2.35. The van der Waals surface area contributed by atoms with Gasteiger partial charge in [-0.3, -0.25) is 4.79 Å². The average molecular weight is 284 g/mol. The zero-order chi connectivity index (χ0) is 13.5. The normalized spacial score (nSPS) is 14.5. The fraction of sp³-hybridized carbons (Fsp3) is 0.200. The second-order valence-electron chi connectivity index (χ2n) is 4.90. The number of hydrogen-bond donors (Lipinski definition) is 0. The van der Waals surface area contributed by atoms with Crippen molar-refractivity contribution in [1.29, 1.82) is 0 Å². The lowest BCUT2D eigenvalue weighted by Gasteiger charge is -2.25. The average Bonchev–Trinajstić information content (AvgIpc) is 3.11. The molecule has 4 nitrogen and oxygen atoms in total. The third kappa shape index (κ3) is 1.82. The van der Waals surface area contributed by atoms with E-state index in [-0.39, 0.29) is 5.91 Å². The van der Waals surface area contributed by atoms with E-state index in [1.54, 1.807) is 17.5 Å². The van der Waals surface area contributed by atoms with Gasteiger partial charge in [-0.15, -0.1) is 11.3 Å². The van der Waals surface area contributed by atoms with Gasteiger partial charge in [0.15, 0.2) is 0 Å². The van der Waals surface area contributed by atoms with Crippen molar-refractivity contribution in [2.45, 2.75) is 13.0 Å². The van der Waals surface area contributed by atoms with Crippen LogP contribution in [0.25, 0.3) is 10.1 Å². The molecule has 20 heavy (non-hydrogen) atoms. The Kier molecular flexibility index (Phi) is 2.60. The van der Waals surface area contributed by atoms with Gasteiger partial charge in [0.05, 0.1) is 17.6 Å². The fourth-order valence-corrected chi connectivity index (χ4v) is 3.59. The molecule has 0 fully saturated rings. The van der Waals surface area contributed by atoms with Gasteiger partial charge in [-0.2, -0.15) is 0 Å². The number of amides is 1. The predicted molar refractivity (Wildman–Crippen MR) is 76.8 cm³/mol. The summed E-state index contributed by atoms with van der Waals surface area (Å²) in [5, 5.41) is 4.92. The highest BCUT2D eigenvalue weighted by molar-refractivity contribution is 7.20. The zero-order valence-corrected chi connectivity index (χ0v) is 11.5. The lowest BCUT2D eigenvalue weighted by atomic mass is 10.1. The quantitative estimate of drug-likeness (QED) is 0.690. The number of thiophene rings is 1. The Morgan fingerprint density at radius 2 is 2.25 bits per heavy atom. The lowest BCUT2D eigenvalue weighted by molar-refractivity contribution is 0.0734. The molecule has 0 radical (unpaired) electrons. The Balaban J connectivity index is 1.64. The number of rotatable bonds is 1. The van der Waals surface area contributed by atoms with Crippen LogP contribution in [-0.2, 0) is 13.0 Å². The highest BCUT2D eigenvalue weighted by Crippen LogP contribution is 2.28. The number of carbonyl (C=O) groups is 1. The Morgan fingerprint density at radius 1 is 1.35 bits per heavy atom. The number of benzene rings is 1. The Bertz CT molecular complexity index is 757. The molecule has 0 unspecified atom stereocenters. The molecule has 1 aliphatic rings. The molecular formula is C15H12N2O2S. The number of hydrogen-bond acceptors (Lipinski definition) is 4. The molecule has 5 heteroatoms. The van der Waals surface area contributed by atoms with Crippen molar-refractivity contribution in [3.63, 3.8) is 0 Å². The molecule has 3 heterocycles. The molecule has 0 saturated heterocycles. The SMILES string of the molecule is O=C(c1cc2ccccc2s1)N1CCc2oncc2C1. The summed E-state index contributed by atoms with van der Waals surface area (Å²) in [6.45, 7) is 1.28. The summed E-state index contributed by atoms with van der Waals surface area (Å²) in [7, 11) is 0. The number of nitrogens with zero attached hydrogens (tertiary/aromatic N) is 2. The summed E-state index contributed by atoms with van der Waals surface area (Å²) >= 11 is 1.55. The van der Waals surface area contributed by atoms with Crippen LogP contribution in [0.15, 0.2) is 41.1 Å². The number of carbonyl (C=O) groups excluding carboxylic acids is 1. The van der Waals surface area contributed by atoms with Gasteiger partial charge in [0.2, 0.25) is 0 Å². The highest BCUT2D eigenvalue weighted by Gasteiger charge is 2.25. The van der Waals surface area contributed by atoms with E-state index in [9.17, 15) is 4.79 Å². The standard InChI is InChI=1S/C15H12N2O2S/c18-15(14-7-10-3-1-2-4-13(10)20-14)17-6-5-12-11(9-17)8-16-19-12/h1-4,7-8H,5-6,9H2. The monoisotopic (exact) mass is 284 g/mol. The maximum Gasteiger partial charge on any atom is 0.264 e. The fourth-order valence-electron chi connectivity index (χ4n) is 2.56. The van der Waals surface area contributed by atoms with Crippen LogP contribution in [0.5, 0.6) is 0 Å². The summed E-state index contributed by atoms with van der Waals surface area (Å²) in [6, 6.07) is 10.1. The van der Waals surface area contributed by atoms with Crippen molar-refractivity contribution in [3.8, 4) is 0 Å². The first-order valence-electron chi connectivity index (χ1n) is 6.51. The maximum absolute atomic E-state index is 12.6. The Hall–Kier alpha value is -2.14. The van der Waals surface area contributed by atoms with Crippen LogP contribution in [0.4, 0.5) is 0 Å². The Morgan fingerprint density at radius 3 is 3.15 bits per heavy atom. The minimum Gasteiger partial charge on any atom is -0.361 e. The van der Waals surface area contributed by atoms with Crippen LogP contribution in [-0.4, -0.2) is 22.5 Å². The smallest absolute Gasteiger partial charge is 0.264 e. The molecule has 3 aromatic rings. The van der Waals surface area contributed by atoms with Gasteiger partial charge in [-0.25, -0.2) is 0 Å². The van der Waals surface area contributed by atoms with Crippen molar-refractivity contribution < 1.29 is 9.32 Å². The van der Waals surface area contributed by atoms with E-state index in [1.165, 1.54) is 0 Å². The molecule has 2 aromatic heterocycles.